The van der Waals surface area contributed by atoms with Crippen molar-refractivity contribution in [3.8, 4) is 11.5 Å². The number of ether oxygens (including phenoxy) is 4. The summed E-state index contributed by atoms with van der Waals surface area (Å²) in [5, 5.41) is 13.7. The van der Waals surface area contributed by atoms with Crippen LogP contribution in [0.3, 0.4) is 0 Å². The molecule has 2 N–H and O–H groups in total. The highest BCUT2D eigenvalue weighted by Gasteiger charge is 2.49. The van der Waals surface area contributed by atoms with Crippen LogP contribution in [-0.4, -0.2) is 73.2 Å². The average molecular weight is 583 g/mol. The fourth-order valence-electron chi connectivity index (χ4n) is 5.32. The predicted molar refractivity (Wildman–Crippen MR) is 160 cm³/mol. The van der Waals surface area contributed by atoms with Crippen molar-refractivity contribution in [3.63, 3.8) is 0 Å². The molecule has 4 rings (SSSR count). The van der Waals surface area contributed by atoms with Crippen molar-refractivity contribution in [2.75, 3.05) is 33.4 Å². The molecule has 1 saturated carbocycles. The molecule has 9 nitrogen and oxygen atoms in total. The Hall–Kier alpha value is -3.30. The number of nitrogens with one attached hydrogen (secondary N) is 1. The lowest BCUT2D eigenvalue weighted by atomic mass is 9.72. The number of amides is 2. The van der Waals surface area contributed by atoms with E-state index in [1.807, 2.05) is 55.5 Å². The topological polar surface area (TPSA) is 107 Å². The maximum atomic E-state index is 14.0. The molecule has 0 bridgehead atoms. The highest BCUT2D eigenvalue weighted by atomic mass is 16.6. The third-order valence-electron chi connectivity index (χ3n) is 8.14. The zero-order valence-electron chi connectivity index (χ0n) is 25.7. The molecule has 4 unspecified atom stereocenters. The molecule has 2 aromatic carbocycles. The van der Waals surface area contributed by atoms with Crippen LogP contribution < -0.4 is 14.8 Å². The van der Waals surface area contributed by atoms with Gasteiger partial charge in [-0.3, -0.25) is 4.79 Å². The first-order valence-corrected chi connectivity index (χ1v) is 14.8. The SMILES string of the molecule is COc1ccc(C2CN(C(=O)C(COCc3ccccc3)NC(=O)OC(C)(C)C)CC2(C)C(C)O)cc1OCC1CC1. The van der Waals surface area contributed by atoms with Crippen LogP contribution in [0.2, 0.25) is 0 Å². The summed E-state index contributed by atoms with van der Waals surface area (Å²) in [4.78, 5) is 28.4. The molecule has 1 saturated heterocycles. The molecule has 4 atom stereocenters. The van der Waals surface area contributed by atoms with E-state index in [4.69, 9.17) is 18.9 Å². The Balaban J connectivity index is 1.54. The molecule has 1 aliphatic carbocycles. The number of aliphatic hydroxyl groups excluding tert-OH is 1. The molecule has 0 spiro atoms. The second-order valence-corrected chi connectivity index (χ2v) is 12.8. The van der Waals surface area contributed by atoms with Gasteiger partial charge in [0, 0.05) is 24.4 Å². The maximum Gasteiger partial charge on any atom is 0.408 e. The van der Waals surface area contributed by atoms with Gasteiger partial charge in [-0.2, -0.15) is 0 Å². The number of hydrogen-bond donors (Lipinski definition) is 2. The van der Waals surface area contributed by atoms with Gasteiger partial charge in [0.25, 0.3) is 0 Å². The standard InChI is InChI=1S/C33H46N2O7/c1-22(36)33(5)21-35(17-26(33)25-14-15-28(39-6)29(16-25)41-19-24-12-13-24)30(37)27(34-31(38)42-32(2,3)4)20-40-18-23-10-8-7-9-11-23/h7-11,14-16,22,24,26-27,36H,12-13,17-21H2,1-6H3,(H,34,38). The summed E-state index contributed by atoms with van der Waals surface area (Å²) >= 11 is 0. The zero-order chi connectivity index (χ0) is 30.5. The highest BCUT2D eigenvalue weighted by molar-refractivity contribution is 5.86. The molecule has 2 aromatic rings. The zero-order valence-corrected chi connectivity index (χ0v) is 25.7. The van der Waals surface area contributed by atoms with E-state index in [1.54, 1.807) is 39.7 Å². The maximum absolute atomic E-state index is 14.0. The van der Waals surface area contributed by atoms with Gasteiger partial charge in [-0.1, -0.05) is 43.3 Å². The Morgan fingerprint density at radius 2 is 1.83 bits per heavy atom. The van der Waals surface area contributed by atoms with Crippen molar-refractivity contribution < 1.29 is 33.6 Å². The summed E-state index contributed by atoms with van der Waals surface area (Å²) in [7, 11) is 1.62. The molecular formula is C33H46N2O7. The second-order valence-electron chi connectivity index (χ2n) is 12.8. The Morgan fingerprint density at radius 1 is 1.12 bits per heavy atom. The third kappa shape index (κ3) is 8.16. The van der Waals surface area contributed by atoms with Gasteiger partial charge < -0.3 is 34.3 Å². The van der Waals surface area contributed by atoms with Crippen molar-refractivity contribution in [2.45, 2.75) is 77.7 Å². The molecule has 2 amide bonds. The normalized spacial score (nSPS) is 21.9. The van der Waals surface area contributed by atoms with Gasteiger partial charge in [-0.15, -0.1) is 0 Å². The smallest absolute Gasteiger partial charge is 0.408 e. The lowest BCUT2D eigenvalue weighted by Crippen LogP contribution is -2.52. The highest BCUT2D eigenvalue weighted by Crippen LogP contribution is 2.47. The van der Waals surface area contributed by atoms with Crippen molar-refractivity contribution in [1.82, 2.24) is 10.2 Å². The number of aliphatic hydroxyl groups is 1. The van der Waals surface area contributed by atoms with Gasteiger partial charge in [0.2, 0.25) is 5.91 Å². The summed E-state index contributed by atoms with van der Waals surface area (Å²) in [5.74, 6) is 1.43. The first-order chi connectivity index (χ1) is 19.9. The van der Waals surface area contributed by atoms with E-state index in [9.17, 15) is 14.7 Å². The summed E-state index contributed by atoms with van der Waals surface area (Å²) < 4.78 is 23.0. The van der Waals surface area contributed by atoms with Crippen LogP contribution in [0.5, 0.6) is 11.5 Å². The Kier molecular flexibility index (Phi) is 10.0. The lowest BCUT2D eigenvalue weighted by molar-refractivity contribution is -0.134. The summed E-state index contributed by atoms with van der Waals surface area (Å²) in [6.45, 7) is 10.6. The Bertz CT molecular complexity index is 1210. The molecule has 2 aliphatic rings. The number of hydrogen-bond acceptors (Lipinski definition) is 7. The first-order valence-electron chi connectivity index (χ1n) is 14.8. The van der Waals surface area contributed by atoms with Gasteiger partial charge in [0.05, 0.1) is 33.0 Å². The van der Waals surface area contributed by atoms with E-state index in [0.717, 1.165) is 11.1 Å². The second kappa shape index (κ2) is 13.3. The minimum atomic E-state index is -0.964. The van der Waals surface area contributed by atoms with Crippen molar-refractivity contribution >= 4 is 12.0 Å². The number of carbonyl (C=O) groups excluding carboxylic acids is 2. The van der Waals surface area contributed by atoms with Crippen LogP contribution in [0, 0.1) is 11.3 Å². The van der Waals surface area contributed by atoms with E-state index in [0.29, 0.717) is 43.7 Å². The van der Waals surface area contributed by atoms with Gasteiger partial charge >= 0.3 is 6.09 Å². The van der Waals surface area contributed by atoms with E-state index in [-0.39, 0.29) is 18.4 Å². The number of methoxy groups -OCH3 is 1. The van der Waals surface area contributed by atoms with Gasteiger partial charge in [-0.05, 0) is 69.7 Å². The van der Waals surface area contributed by atoms with Crippen LogP contribution in [0.1, 0.15) is 64.5 Å². The fraction of sp³-hybridized carbons (Fsp3) is 0.576. The van der Waals surface area contributed by atoms with Gasteiger partial charge in [-0.25, -0.2) is 4.79 Å². The predicted octanol–water partition coefficient (Wildman–Crippen LogP) is 4.91. The molecule has 9 heteroatoms. The van der Waals surface area contributed by atoms with Crippen LogP contribution in [-0.2, 0) is 20.9 Å². The number of carbonyl (C=O) groups is 2. The largest absolute Gasteiger partial charge is 0.493 e. The molecule has 1 heterocycles. The van der Waals surface area contributed by atoms with Crippen LogP contribution in [0.15, 0.2) is 48.5 Å². The number of likely N-dealkylation sites (tertiary alicyclic amines) is 1. The van der Waals surface area contributed by atoms with Gasteiger partial charge in [0.1, 0.15) is 11.6 Å². The van der Waals surface area contributed by atoms with Crippen molar-refractivity contribution in [2.24, 2.45) is 11.3 Å². The monoisotopic (exact) mass is 582 g/mol. The summed E-state index contributed by atoms with van der Waals surface area (Å²) in [6.07, 6.45) is 0.959. The number of nitrogens with zero attached hydrogens (tertiary/aromatic N) is 1. The van der Waals surface area contributed by atoms with Crippen molar-refractivity contribution in [1.29, 1.82) is 0 Å². The number of rotatable bonds is 12. The molecular weight excluding hydrogens is 536 g/mol. The number of benzene rings is 2. The lowest BCUT2D eigenvalue weighted by Gasteiger charge is -2.34. The molecule has 2 fully saturated rings. The molecule has 0 radical (unpaired) electrons. The van der Waals surface area contributed by atoms with E-state index >= 15 is 0 Å². The fourth-order valence-corrected chi connectivity index (χ4v) is 5.32. The van der Waals surface area contributed by atoms with Gasteiger partial charge in [0.15, 0.2) is 11.5 Å². The number of alkyl carbamates (subject to hydrolysis) is 1. The average Bonchev–Trinajstić information content (AvgIpc) is 3.70. The van der Waals surface area contributed by atoms with Crippen LogP contribution in [0.25, 0.3) is 0 Å². The molecule has 230 valence electrons. The van der Waals surface area contributed by atoms with E-state index in [2.05, 4.69) is 5.32 Å². The van der Waals surface area contributed by atoms with Crippen LogP contribution >= 0.6 is 0 Å². The molecule has 0 aromatic heterocycles. The summed E-state index contributed by atoms with van der Waals surface area (Å²) in [6, 6.07) is 14.5. The first kappa shape index (κ1) is 31.6. The van der Waals surface area contributed by atoms with Crippen molar-refractivity contribution in [3.05, 3.63) is 59.7 Å². The molecule has 1 aliphatic heterocycles. The van der Waals surface area contributed by atoms with E-state index in [1.165, 1.54) is 12.8 Å². The third-order valence-corrected chi connectivity index (χ3v) is 8.14. The minimum Gasteiger partial charge on any atom is -0.493 e. The minimum absolute atomic E-state index is 0.0266. The summed E-state index contributed by atoms with van der Waals surface area (Å²) in [5.41, 5.74) is 0.555. The Labute approximate surface area is 249 Å². The molecule has 42 heavy (non-hydrogen) atoms. The van der Waals surface area contributed by atoms with E-state index < -0.39 is 29.3 Å². The van der Waals surface area contributed by atoms with Crippen LogP contribution in [0.4, 0.5) is 4.79 Å². The quantitative estimate of drug-likeness (QED) is 0.366. The Morgan fingerprint density at radius 3 is 2.45 bits per heavy atom.